The molecule has 3 aromatic rings. The van der Waals surface area contributed by atoms with E-state index in [1.165, 1.54) is 34.3 Å². The zero-order valence-corrected chi connectivity index (χ0v) is 13.3. The van der Waals surface area contributed by atoms with Crippen LogP contribution in [0.5, 0.6) is 0 Å². The van der Waals surface area contributed by atoms with Gasteiger partial charge in [0, 0.05) is 12.3 Å². The lowest BCUT2D eigenvalue weighted by atomic mass is 10.4. The van der Waals surface area contributed by atoms with Gasteiger partial charge in [-0.05, 0) is 13.3 Å². The highest BCUT2D eigenvalue weighted by atomic mass is 32.1. The first kappa shape index (κ1) is 15.2. The molecule has 0 atom stereocenters. The Kier molecular flexibility index (Phi) is 4.11. The molecule has 118 valence electrons. The number of hydrogen-bond acceptors (Lipinski definition) is 8. The molecule has 0 bridgehead atoms. The minimum absolute atomic E-state index is 0.111. The normalized spacial score (nSPS) is 10.9. The Balaban J connectivity index is 1.77. The molecule has 0 aromatic carbocycles. The highest BCUT2D eigenvalue weighted by molar-refractivity contribution is 7.16. The Bertz CT molecular complexity index is 916. The van der Waals surface area contributed by atoms with E-state index in [0.717, 1.165) is 11.4 Å². The van der Waals surface area contributed by atoms with Gasteiger partial charge < -0.3 is 4.74 Å². The van der Waals surface area contributed by atoms with Gasteiger partial charge in [0.1, 0.15) is 11.6 Å². The highest BCUT2D eigenvalue weighted by Gasteiger charge is 2.12. The average Bonchev–Trinajstić information content (AvgIpc) is 2.97. The quantitative estimate of drug-likeness (QED) is 0.662. The highest BCUT2D eigenvalue weighted by Crippen LogP contribution is 2.12. The first-order valence-electron chi connectivity index (χ1n) is 6.91. The molecule has 3 heterocycles. The van der Waals surface area contributed by atoms with Crippen LogP contribution < -0.4 is 5.56 Å². The Morgan fingerprint density at radius 2 is 2.17 bits per heavy atom. The molecular formula is C14H13N5O3S. The van der Waals surface area contributed by atoms with Gasteiger partial charge >= 0.3 is 5.97 Å². The molecule has 0 aliphatic heterocycles. The molecule has 3 rings (SSSR count). The van der Waals surface area contributed by atoms with E-state index in [4.69, 9.17) is 4.74 Å². The summed E-state index contributed by atoms with van der Waals surface area (Å²) in [7, 11) is 0. The van der Waals surface area contributed by atoms with E-state index in [2.05, 4.69) is 20.1 Å². The van der Waals surface area contributed by atoms with E-state index >= 15 is 0 Å². The number of ether oxygens (including phenoxy) is 1. The predicted octanol–water partition coefficient (Wildman–Crippen LogP) is 1.17. The van der Waals surface area contributed by atoms with Crippen molar-refractivity contribution in [2.24, 2.45) is 0 Å². The molecule has 23 heavy (non-hydrogen) atoms. The van der Waals surface area contributed by atoms with Gasteiger partial charge in [-0.25, -0.2) is 14.8 Å². The van der Waals surface area contributed by atoms with Crippen molar-refractivity contribution < 1.29 is 9.53 Å². The molecule has 8 nitrogen and oxygen atoms in total. The van der Waals surface area contributed by atoms with Crippen LogP contribution in [0, 0.1) is 6.92 Å². The standard InChI is InChI=1S/C14H13N5O3S/c1-3-11-18-19-12(20)4-9(17-14(19)23-11)7-22-13(21)10-6-15-8(2)5-16-10/h4-6H,3,7H2,1-2H3. The summed E-state index contributed by atoms with van der Waals surface area (Å²) in [6, 6.07) is 1.31. The average molecular weight is 331 g/mol. The molecule has 0 amide bonds. The van der Waals surface area contributed by atoms with Crippen molar-refractivity contribution in [3.8, 4) is 0 Å². The third kappa shape index (κ3) is 3.24. The van der Waals surface area contributed by atoms with E-state index in [1.54, 1.807) is 6.92 Å². The van der Waals surface area contributed by atoms with Gasteiger partial charge in [0.2, 0.25) is 4.96 Å². The van der Waals surface area contributed by atoms with Crippen LogP contribution in [-0.4, -0.2) is 30.5 Å². The second-order valence-corrected chi connectivity index (χ2v) is 5.79. The summed E-state index contributed by atoms with van der Waals surface area (Å²) >= 11 is 1.34. The summed E-state index contributed by atoms with van der Waals surface area (Å²) in [4.78, 5) is 36.6. The SMILES string of the molecule is CCc1nn2c(=O)cc(COC(=O)c3cnc(C)cn3)nc2s1. The van der Waals surface area contributed by atoms with Gasteiger partial charge in [0.15, 0.2) is 5.69 Å². The Labute approximate surface area is 134 Å². The largest absolute Gasteiger partial charge is 0.454 e. The number of aryl methyl sites for hydroxylation is 2. The molecule has 0 saturated heterocycles. The molecule has 0 N–H and O–H groups in total. The van der Waals surface area contributed by atoms with Crippen LogP contribution in [0.15, 0.2) is 23.3 Å². The fourth-order valence-electron chi connectivity index (χ4n) is 1.82. The molecule has 0 spiro atoms. The topological polar surface area (TPSA) is 99.3 Å². The van der Waals surface area contributed by atoms with E-state index in [0.29, 0.717) is 16.3 Å². The van der Waals surface area contributed by atoms with E-state index in [9.17, 15) is 9.59 Å². The van der Waals surface area contributed by atoms with Crippen LogP contribution in [0.1, 0.15) is 33.8 Å². The number of aromatic nitrogens is 5. The maximum absolute atomic E-state index is 12.0. The number of esters is 1. The van der Waals surface area contributed by atoms with Crippen LogP contribution in [-0.2, 0) is 17.8 Å². The van der Waals surface area contributed by atoms with Gasteiger partial charge in [0.25, 0.3) is 5.56 Å². The van der Waals surface area contributed by atoms with Crippen LogP contribution in [0.25, 0.3) is 4.96 Å². The zero-order valence-electron chi connectivity index (χ0n) is 12.5. The van der Waals surface area contributed by atoms with Gasteiger partial charge in [-0.1, -0.05) is 18.3 Å². The lowest BCUT2D eigenvalue weighted by molar-refractivity contribution is 0.0460. The summed E-state index contributed by atoms with van der Waals surface area (Å²) in [6.07, 6.45) is 3.56. The zero-order chi connectivity index (χ0) is 16.4. The third-order valence-electron chi connectivity index (χ3n) is 2.98. The van der Waals surface area contributed by atoms with Gasteiger partial charge in [-0.2, -0.15) is 9.61 Å². The van der Waals surface area contributed by atoms with Crippen molar-refractivity contribution in [3.05, 3.63) is 50.9 Å². The summed E-state index contributed by atoms with van der Waals surface area (Å²) in [5.41, 5.74) is 0.889. The molecule has 3 aromatic heterocycles. The fourth-order valence-corrected chi connectivity index (χ4v) is 2.68. The lowest BCUT2D eigenvalue weighted by Gasteiger charge is -2.03. The first-order valence-corrected chi connectivity index (χ1v) is 7.73. The van der Waals surface area contributed by atoms with Crippen molar-refractivity contribution >= 4 is 22.3 Å². The molecule has 9 heteroatoms. The molecule has 0 fully saturated rings. The summed E-state index contributed by atoms with van der Waals surface area (Å²) in [6.45, 7) is 3.61. The number of carbonyl (C=O) groups excluding carboxylic acids is 1. The Morgan fingerprint density at radius 3 is 2.87 bits per heavy atom. The van der Waals surface area contributed by atoms with Crippen molar-refractivity contribution in [2.45, 2.75) is 26.9 Å². The number of nitrogens with zero attached hydrogens (tertiary/aromatic N) is 5. The minimum atomic E-state index is -0.613. The maximum Gasteiger partial charge on any atom is 0.358 e. The van der Waals surface area contributed by atoms with E-state index in [-0.39, 0.29) is 17.9 Å². The molecule has 0 unspecified atom stereocenters. The first-order chi connectivity index (χ1) is 11.1. The van der Waals surface area contributed by atoms with E-state index < -0.39 is 5.97 Å². The molecule has 0 saturated carbocycles. The van der Waals surface area contributed by atoms with Gasteiger partial charge in [-0.15, -0.1) is 0 Å². The summed E-state index contributed by atoms with van der Waals surface area (Å²) in [5.74, 6) is -0.613. The number of carbonyl (C=O) groups is 1. The van der Waals surface area contributed by atoms with Crippen molar-refractivity contribution in [3.63, 3.8) is 0 Å². The second kappa shape index (κ2) is 6.21. The number of fused-ring (bicyclic) bond motifs is 1. The van der Waals surface area contributed by atoms with Crippen LogP contribution in [0.2, 0.25) is 0 Å². The van der Waals surface area contributed by atoms with Crippen LogP contribution in [0.3, 0.4) is 0 Å². The lowest BCUT2D eigenvalue weighted by Crippen LogP contribution is -2.17. The Morgan fingerprint density at radius 1 is 1.35 bits per heavy atom. The monoisotopic (exact) mass is 331 g/mol. The van der Waals surface area contributed by atoms with Gasteiger partial charge in [-0.3, -0.25) is 9.78 Å². The van der Waals surface area contributed by atoms with E-state index in [1.807, 2.05) is 6.92 Å². The molecule has 0 radical (unpaired) electrons. The van der Waals surface area contributed by atoms with Crippen molar-refractivity contribution in [2.75, 3.05) is 0 Å². The fraction of sp³-hybridized carbons (Fsp3) is 0.286. The smallest absolute Gasteiger partial charge is 0.358 e. The third-order valence-corrected chi connectivity index (χ3v) is 4.04. The molecular weight excluding hydrogens is 318 g/mol. The summed E-state index contributed by atoms with van der Waals surface area (Å²) in [5, 5.41) is 4.98. The molecule has 0 aliphatic rings. The molecule has 0 aliphatic carbocycles. The van der Waals surface area contributed by atoms with Crippen LogP contribution in [0.4, 0.5) is 0 Å². The second-order valence-electron chi connectivity index (χ2n) is 4.75. The van der Waals surface area contributed by atoms with Crippen molar-refractivity contribution in [1.82, 2.24) is 24.6 Å². The maximum atomic E-state index is 12.0. The minimum Gasteiger partial charge on any atom is -0.454 e. The van der Waals surface area contributed by atoms with Crippen molar-refractivity contribution in [1.29, 1.82) is 0 Å². The number of rotatable bonds is 4. The predicted molar refractivity (Wildman–Crippen MR) is 82.4 cm³/mol. The number of hydrogen-bond donors (Lipinski definition) is 0. The van der Waals surface area contributed by atoms with Crippen LogP contribution >= 0.6 is 11.3 Å². The van der Waals surface area contributed by atoms with Gasteiger partial charge in [0.05, 0.1) is 17.6 Å². The Hall–Kier alpha value is -2.68. The summed E-state index contributed by atoms with van der Waals surface area (Å²) < 4.78 is 6.37.